The van der Waals surface area contributed by atoms with Crippen molar-refractivity contribution in [1.29, 1.82) is 0 Å². The molecule has 0 fully saturated rings. The molecule has 0 saturated carbocycles. The summed E-state index contributed by atoms with van der Waals surface area (Å²) in [4.78, 5) is 4.27. The summed E-state index contributed by atoms with van der Waals surface area (Å²) in [6.45, 7) is 0. The number of benzene rings is 2. The van der Waals surface area contributed by atoms with Gasteiger partial charge in [0.15, 0.2) is 5.58 Å². The van der Waals surface area contributed by atoms with Crippen LogP contribution in [0.1, 0.15) is 0 Å². The molecule has 0 radical (unpaired) electrons. The van der Waals surface area contributed by atoms with Crippen molar-refractivity contribution in [3.05, 3.63) is 48.3 Å². The fourth-order valence-corrected chi connectivity index (χ4v) is 1.71. The van der Waals surface area contributed by atoms with Gasteiger partial charge in [-0.3, -0.25) is 0 Å². The molecule has 0 amide bonds. The number of para-hydroxylation sites is 1. The third kappa shape index (κ3) is 1.63. The summed E-state index contributed by atoms with van der Waals surface area (Å²) < 4.78 is 18.6. The summed E-state index contributed by atoms with van der Waals surface area (Å²) in [7, 11) is 0. The van der Waals surface area contributed by atoms with Gasteiger partial charge >= 0.3 is 0 Å². The van der Waals surface area contributed by atoms with Gasteiger partial charge in [-0.15, -0.1) is 0 Å². The van der Waals surface area contributed by atoms with Crippen molar-refractivity contribution in [2.75, 3.05) is 5.73 Å². The van der Waals surface area contributed by atoms with Crippen molar-refractivity contribution in [3.8, 4) is 11.5 Å². The van der Waals surface area contributed by atoms with Crippen LogP contribution in [0.25, 0.3) is 22.6 Å². The van der Waals surface area contributed by atoms with Crippen LogP contribution in [0.15, 0.2) is 46.9 Å². The van der Waals surface area contributed by atoms with Crippen LogP contribution in [0.4, 0.5) is 10.1 Å². The molecule has 2 aromatic carbocycles. The van der Waals surface area contributed by atoms with Gasteiger partial charge in [0.2, 0.25) is 5.89 Å². The molecule has 3 nitrogen and oxygen atoms in total. The summed E-state index contributed by atoms with van der Waals surface area (Å²) in [5, 5.41) is 0. The molecule has 3 aromatic rings. The van der Waals surface area contributed by atoms with Crippen molar-refractivity contribution in [2.45, 2.75) is 0 Å². The Labute approximate surface area is 96.7 Å². The van der Waals surface area contributed by atoms with Crippen molar-refractivity contribution in [2.24, 2.45) is 0 Å². The number of hydrogen-bond acceptors (Lipinski definition) is 3. The first kappa shape index (κ1) is 9.84. The van der Waals surface area contributed by atoms with E-state index in [-0.39, 0.29) is 5.82 Å². The lowest BCUT2D eigenvalue weighted by molar-refractivity contribution is 0.611. The summed E-state index contributed by atoms with van der Waals surface area (Å²) in [5.74, 6) is 0.0510. The number of oxazole rings is 1. The van der Waals surface area contributed by atoms with Crippen molar-refractivity contribution in [3.63, 3.8) is 0 Å². The lowest BCUT2D eigenvalue weighted by Crippen LogP contribution is -1.85. The van der Waals surface area contributed by atoms with Crippen LogP contribution in [0, 0.1) is 5.82 Å². The molecule has 4 heteroatoms. The Morgan fingerprint density at radius 2 is 1.94 bits per heavy atom. The number of aromatic nitrogens is 1. The van der Waals surface area contributed by atoms with Crippen molar-refractivity contribution in [1.82, 2.24) is 4.98 Å². The van der Waals surface area contributed by atoms with Crippen LogP contribution >= 0.6 is 0 Å². The SMILES string of the molecule is Nc1cccc2oc(-c3cccc(F)c3)nc12. The fraction of sp³-hybridized carbons (Fsp3) is 0. The van der Waals surface area contributed by atoms with Crippen LogP contribution in [-0.2, 0) is 0 Å². The standard InChI is InChI=1S/C13H9FN2O/c14-9-4-1-3-8(7-9)13-16-12-10(15)5-2-6-11(12)17-13/h1-7H,15H2. The number of halogens is 1. The normalized spacial score (nSPS) is 10.9. The van der Waals surface area contributed by atoms with E-state index in [1.165, 1.54) is 12.1 Å². The van der Waals surface area contributed by atoms with Crippen LogP contribution in [0.2, 0.25) is 0 Å². The van der Waals surface area contributed by atoms with Gasteiger partial charge < -0.3 is 10.2 Å². The molecule has 0 aliphatic rings. The maximum Gasteiger partial charge on any atom is 0.227 e. The zero-order valence-corrected chi connectivity index (χ0v) is 8.85. The van der Waals surface area contributed by atoms with Gasteiger partial charge in [0.05, 0.1) is 5.69 Å². The molecule has 0 atom stereocenters. The average Bonchev–Trinajstić information content (AvgIpc) is 2.74. The van der Waals surface area contributed by atoms with E-state index in [0.29, 0.717) is 28.2 Å². The van der Waals surface area contributed by atoms with E-state index in [1.807, 2.05) is 0 Å². The highest BCUT2D eigenvalue weighted by Gasteiger charge is 2.10. The summed E-state index contributed by atoms with van der Waals surface area (Å²) in [6.07, 6.45) is 0. The van der Waals surface area contributed by atoms with E-state index in [0.717, 1.165) is 0 Å². The molecule has 0 bridgehead atoms. The second-order valence-corrected chi connectivity index (χ2v) is 3.72. The number of hydrogen-bond donors (Lipinski definition) is 1. The van der Waals surface area contributed by atoms with Gasteiger partial charge in [-0.25, -0.2) is 9.37 Å². The third-order valence-electron chi connectivity index (χ3n) is 2.52. The maximum atomic E-state index is 13.1. The molecule has 0 spiro atoms. The highest BCUT2D eigenvalue weighted by molar-refractivity contribution is 5.87. The monoisotopic (exact) mass is 228 g/mol. The average molecular weight is 228 g/mol. The molecule has 0 aliphatic heterocycles. The molecule has 84 valence electrons. The highest BCUT2D eigenvalue weighted by atomic mass is 19.1. The Balaban J connectivity index is 2.22. The van der Waals surface area contributed by atoms with Crippen LogP contribution in [0.3, 0.4) is 0 Å². The van der Waals surface area contributed by atoms with Crippen molar-refractivity contribution < 1.29 is 8.81 Å². The van der Waals surface area contributed by atoms with Gasteiger partial charge in [-0.1, -0.05) is 12.1 Å². The summed E-state index contributed by atoms with van der Waals surface area (Å²) in [6, 6.07) is 11.4. The second-order valence-electron chi connectivity index (χ2n) is 3.72. The number of nitrogen functional groups attached to an aromatic ring is 1. The number of fused-ring (bicyclic) bond motifs is 1. The Morgan fingerprint density at radius 3 is 2.71 bits per heavy atom. The van der Waals surface area contributed by atoms with Gasteiger partial charge in [-0.2, -0.15) is 0 Å². The van der Waals surface area contributed by atoms with E-state index >= 15 is 0 Å². The summed E-state index contributed by atoms with van der Waals surface area (Å²) >= 11 is 0. The minimum absolute atomic E-state index is 0.322. The number of nitrogens with zero attached hydrogens (tertiary/aromatic N) is 1. The Bertz CT molecular complexity index is 691. The fourth-order valence-electron chi connectivity index (χ4n) is 1.71. The molecular formula is C13H9FN2O. The molecule has 1 heterocycles. The second kappa shape index (κ2) is 3.59. The highest BCUT2D eigenvalue weighted by Crippen LogP contribution is 2.27. The minimum atomic E-state index is -0.322. The maximum absolute atomic E-state index is 13.1. The molecule has 3 rings (SSSR count). The molecule has 0 aliphatic carbocycles. The predicted molar refractivity (Wildman–Crippen MR) is 63.8 cm³/mol. The zero-order valence-electron chi connectivity index (χ0n) is 8.85. The number of nitrogens with two attached hydrogens (primary N) is 1. The van der Waals surface area contributed by atoms with Crippen LogP contribution < -0.4 is 5.73 Å². The lowest BCUT2D eigenvalue weighted by atomic mass is 10.2. The molecule has 0 saturated heterocycles. The summed E-state index contributed by atoms with van der Waals surface area (Å²) in [5.41, 5.74) is 8.13. The van der Waals surface area contributed by atoms with E-state index in [9.17, 15) is 4.39 Å². The minimum Gasteiger partial charge on any atom is -0.436 e. The largest absolute Gasteiger partial charge is 0.436 e. The first-order valence-corrected chi connectivity index (χ1v) is 5.15. The van der Waals surface area contributed by atoms with Crippen LogP contribution in [-0.4, -0.2) is 4.98 Å². The van der Waals surface area contributed by atoms with E-state index < -0.39 is 0 Å². The van der Waals surface area contributed by atoms with E-state index in [2.05, 4.69) is 4.98 Å². The van der Waals surface area contributed by atoms with Gasteiger partial charge in [-0.05, 0) is 30.3 Å². The molecular weight excluding hydrogens is 219 g/mol. The first-order valence-electron chi connectivity index (χ1n) is 5.15. The van der Waals surface area contributed by atoms with Crippen molar-refractivity contribution >= 4 is 16.8 Å². The van der Waals surface area contributed by atoms with E-state index in [4.69, 9.17) is 10.2 Å². The van der Waals surface area contributed by atoms with E-state index in [1.54, 1.807) is 30.3 Å². The molecule has 1 aromatic heterocycles. The molecule has 0 unspecified atom stereocenters. The Hall–Kier alpha value is -2.36. The smallest absolute Gasteiger partial charge is 0.227 e. The molecule has 2 N–H and O–H groups in total. The Morgan fingerprint density at radius 1 is 1.12 bits per heavy atom. The number of rotatable bonds is 1. The molecule has 17 heavy (non-hydrogen) atoms. The van der Waals surface area contributed by atoms with Gasteiger partial charge in [0, 0.05) is 5.56 Å². The third-order valence-corrected chi connectivity index (χ3v) is 2.52. The predicted octanol–water partition coefficient (Wildman–Crippen LogP) is 3.22. The van der Waals surface area contributed by atoms with Crippen LogP contribution in [0.5, 0.6) is 0 Å². The quantitative estimate of drug-likeness (QED) is 0.650. The van der Waals surface area contributed by atoms with Gasteiger partial charge in [0.1, 0.15) is 11.3 Å². The number of anilines is 1. The first-order chi connectivity index (χ1) is 8.24. The van der Waals surface area contributed by atoms with Gasteiger partial charge in [0.25, 0.3) is 0 Å². The topological polar surface area (TPSA) is 52.0 Å². The lowest BCUT2D eigenvalue weighted by Gasteiger charge is -1.93. The zero-order chi connectivity index (χ0) is 11.8. The Kier molecular flexibility index (Phi) is 2.08.